The van der Waals surface area contributed by atoms with Gasteiger partial charge in [0.25, 0.3) is 0 Å². The van der Waals surface area contributed by atoms with E-state index >= 15 is 0 Å². The maximum Gasteiger partial charge on any atom is 0.242 e. The molecule has 108 valence electrons. The molecule has 0 aliphatic rings. The molecule has 1 amide bonds. The molecule has 0 bridgehead atoms. The van der Waals surface area contributed by atoms with Crippen molar-refractivity contribution in [1.29, 1.82) is 0 Å². The average molecular weight is 296 g/mol. The lowest BCUT2D eigenvalue weighted by atomic mass is 10.2. The van der Waals surface area contributed by atoms with Crippen LogP contribution in [0.4, 0.5) is 0 Å². The molecule has 2 aromatic heterocycles. The van der Waals surface area contributed by atoms with E-state index in [-0.39, 0.29) is 12.5 Å². The molecule has 0 spiro atoms. The molecular formula is C13H18ClN5O. The van der Waals surface area contributed by atoms with Gasteiger partial charge in [-0.1, -0.05) is 11.6 Å². The minimum atomic E-state index is -0.101. The number of aromatic nitrogens is 4. The summed E-state index contributed by atoms with van der Waals surface area (Å²) in [7, 11) is 1.86. The maximum atomic E-state index is 11.9. The van der Waals surface area contributed by atoms with E-state index in [9.17, 15) is 4.79 Å². The second kappa shape index (κ2) is 5.66. The molecule has 7 heteroatoms. The third kappa shape index (κ3) is 3.01. The Hall–Kier alpha value is -1.82. The van der Waals surface area contributed by atoms with Crippen LogP contribution in [0.5, 0.6) is 0 Å². The van der Waals surface area contributed by atoms with E-state index in [1.54, 1.807) is 9.36 Å². The van der Waals surface area contributed by atoms with Crippen LogP contribution < -0.4 is 5.32 Å². The number of carbonyl (C=O) groups excluding carboxylic acids is 1. The lowest BCUT2D eigenvalue weighted by Gasteiger charge is -2.06. The maximum absolute atomic E-state index is 11.9. The van der Waals surface area contributed by atoms with Crippen LogP contribution in [0.25, 0.3) is 0 Å². The van der Waals surface area contributed by atoms with Gasteiger partial charge in [-0.25, -0.2) is 0 Å². The number of halogens is 1. The Morgan fingerprint density at radius 2 is 2.00 bits per heavy atom. The van der Waals surface area contributed by atoms with Crippen molar-refractivity contribution in [3.05, 3.63) is 33.9 Å². The van der Waals surface area contributed by atoms with E-state index in [0.29, 0.717) is 11.6 Å². The van der Waals surface area contributed by atoms with Crippen molar-refractivity contribution in [2.24, 2.45) is 7.05 Å². The predicted octanol–water partition coefficient (Wildman–Crippen LogP) is 1.51. The molecule has 1 N–H and O–H groups in total. The van der Waals surface area contributed by atoms with Crippen LogP contribution in [0.15, 0.2) is 6.20 Å². The number of rotatable bonds is 4. The number of nitrogens with one attached hydrogen (secondary N) is 1. The quantitative estimate of drug-likeness (QED) is 0.930. The number of nitrogens with zero attached hydrogens (tertiary/aromatic N) is 4. The van der Waals surface area contributed by atoms with Crippen LogP contribution in [0.3, 0.4) is 0 Å². The molecule has 2 aromatic rings. The monoisotopic (exact) mass is 295 g/mol. The molecule has 0 aliphatic heterocycles. The van der Waals surface area contributed by atoms with Crippen LogP contribution >= 0.6 is 11.6 Å². The number of amides is 1. The Kier molecular flexibility index (Phi) is 4.13. The number of hydrogen-bond donors (Lipinski definition) is 1. The Balaban J connectivity index is 1.96. The topological polar surface area (TPSA) is 64.7 Å². The van der Waals surface area contributed by atoms with E-state index in [1.165, 1.54) is 0 Å². The van der Waals surface area contributed by atoms with Crippen molar-refractivity contribution >= 4 is 17.5 Å². The van der Waals surface area contributed by atoms with E-state index in [1.807, 2.05) is 34.0 Å². The van der Waals surface area contributed by atoms with E-state index < -0.39 is 0 Å². The SMILES string of the molecule is Cc1nn(C)cc1CNC(=O)Cn1nc(C)c(Cl)c1C. The van der Waals surface area contributed by atoms with Crippen LogP contribution in [-0.2, 0) is 24.9 Å². The Morgan fingerprint density at radius 1 is 1.30 bits per heavy atom. The normalized spacial score (nSPS) is 10.8. The summed E-state index contributed by atoms with van der Waals surface area (Å²) >= 11 is 6.05. The van der Waals surface area contributed by atoms with Gasteiger partial charge in [0.2, 0.25) is 5.91 Å². The van der Waals surface area contributed by atoms with Gasteiger partial charge in [-0.2, -0.15) is 10.2 Å². The first kappa shape index (κ1) is 14.6. The van der Waals surface area contributed by atoms with Gasteiger partial charge in [-0.3, -0.25) is 14.2 Å². The predicted molar refractivity (Wildman–Crippen MR) is 76.5 cm³/mol. The third-order valence-corrected chi connectivity index (χ3v) is 3.72. The lowest BCUT2D eigenvalue weighted by molar-refractivity contribution is -0.122. The van der Waals surface area contributed by atoms with Gasteiger partial charge in [0.05, 0.1) is 22.1 Å². The van der Waals surface area contributed by atoms with Crippen molar-refractivity contribution in [3.63, 3.8) is 0 Å². The fourth-order valence-corrected chi connectivity index (χ4v) is 2.17. The highest BCUT2D eigenvalue weighted by Crippen LogP contribution is 2.18. The van der Waals surface area contributed by atoms with Gasteiger partial charge in [-0.15, -0.1) is 0 Å². The zero-order valence-corrected chi connectivity index (χ0v) is 12.8. The summed E-state index contributed by atoms with van der Waals surface area (Å²) in [5.74, 6) is -0.101. The Bertz CT molecular complexity index is 643. The van der Waals surface area contributed by atoms with Crippen LogP contribution in [0, 0.1) is 20.8 Å². The molecular weight excluding hydrogens is 278 g/mol. The Morgan fingerprint density at radius 3 is 2.50 bits per heavy atom. The summed E-state index contributed by atoms with van der Waals surface area (Å²) in [6.45, 7) is 6.22. The molecule has 0 atom stereocenters. The summed E-state index contributed by atoms with van der Waals surface area (Å²) in [4.78, 5) is 11.9. The van der Waals surface area contributed by atoms with Crippen molar-refractivity contribution in [1.82, 2.24) is 24.9 Å². The largest absolute Gasteiger partial charge is 0.350 e. The zero-order valence-electron chi connectivity index (χ0n) is 12.1. The summed E-state index contributed by atoms with van der Waals surface area (Å²) in [6, 6.07) is 0. The highest BCUT2D eigenvalue weighted by molar-refractivity contribution is 6.31. The first-order valence-electron chi connectivity index (χ1n) is 6.33. The molecule has 6 nitrogen and oxygen atoms in total. The van der Waals surface area contributed by atoms with Crippen molar-refractivity contribution in [2.75, 3.05) is 0 Å². The number of carbonyl (C=O) groups is 1. The summed E-state index contributed by atoms with van der Waals surface area (Å²) in [5.41, 5.74) is 3.46. The Labute approximate surface area is 122 Å². The summed E-state index contributed by atoms with van der Waals surface area (Å²) < 4.78 is 3.35. The molecule has 0 fully saturated rings. The van der Waals surface area contributed by atoms with Crippen LogP contribution in [0.2, 0.25) is 5.02 Å². The van der Waals surface area contributed by atoms with E-state index in [0.717, 1.165) is 22.6 Å². The first-order chi connectivity index (χ1) is 9.38. The summed E-state index contributed by atoms with van der Waals surface area (Å²) in [5, 5.41) is 11.9. The highest BCUT2D eigenvalue weighted by Gasteiger charge is 2.12. The van der Waals surface area contributed by atoms with Crippen LogP contribution in [0.1, 0.15) is 22.6 Å². The molecule has 0 saturated carbocycles. The lowest BCUT2D eigenvalue weighted by Crippen LogP contribution is -2.28. The smallest absolute Gasteiger partial charge is 0.242 e. The second-order valence-electron chi connectivity index (χ2n) is 4.83. The minimum absolute atomic E-state index is 0.101. The summed E-state index contributed by atoms with van der Waals surface area (Å²) in [6.07, 6.45) is 1.90. The molecule has 2 rings (SSSR count). The molecule has 0 unspecified atom stereocenters. The van der Waals surface area contributed by atoms with Crippen molar-refractivity contribution in [2.45, 2.75) is 33.9 Å². The zero-order chi connectivity index (χ0) is 14.9. The minimum Gasteiger partial charge on any atom is -0.350 e. The standard InChI is InChI=1S/C13H18ClN5O/c1-8-11(6-18(4)16-8)5-15-12(20)7-19-10(3)13(14)9(2)17-19/h6H,5,7H2,1-4H3,(H,15,20). The fourth-order valence-electron chi connectivity index (χ4n) is 2.04. The van der Waals surface area contributed by atoms with Gasteiger partial charge in [0, 0.05) is 25.4 Å². The average Bonchev–Trinajstić information content (AvgIpc) is 2.82. The van der Waals surface area contributed by atoms with Gasteiger partial charge in [0.1, 0.15) is 6.54 Å². The van der Waals surface area contributed by atoms with Crippen molar-refractivity contribution < 1.29 is 4.79 Å². The van der Waals surface area contributed by atoms with Gasteiger partial charge >= 0.3 is 0 Å². The third-order valence-electron chi connectivity index (χ3n) is 3.18. The first-order valence-corrected chi connectivity index (χ1v) is 6.71. The molecule has 20 heavy (non-hydrogen) atoms. The molecule has 0 saturated heterocycles. The van der Waals surface area contributed by atoms with Crippen LogP contribution in [-0.4, -0.2) is 25.5 Å². The molecule has 0 aromatic carbocycles. The molecule has 0 aliphatic carbocycles. The molecule has 2 heterocycles. The van der Waals surface area contributed by atoms with E-state index in [2.05, 4.69) is 15.5 Å². The molecule has 0 radical (unpaired) electrons. The van der Waals surface area contributed by atoms with Gasteiger partial charge in [0.15, 0.2) is 0 Å². The van der Waals surface area contributed by atoms with E-state index in [4.69, 9.17) is 11.6 Å². The van der Waals surface area contributed by atoms with Gasteiger partial charge in [-0.05, 0) is 20.8 Å². The van der Waals surface area contributed by atoms with Gasteiger partial charge < -0.3 is 5.32 Å². The number of aryl methyl sites for hydroxylation is 3. The number of hydrogen-bond acceptors (Lipinski definition) is 3. The highest BCUT2D eigenvalue weighted by atomic mass is 35.5. The second-order valence-corrected chi connectivity index (χ2v) is 5.21. The van der Waals surface area contributed by atoms with Crippen molar-refractivity contribution in [3.8, 4) is 0 Å². The fraction of sp³-hybridized carbons (Fsp3) is 0.462.